The molecule has 0 radical (unpaired) electrons. The second-order valence-electron chi connectivity index (χ2n) is 7.15. The molecule has 2 atom stereocenters. The number of carbonyl (C=O) groups is 1. The zero-order valence-electron chi connectivity index (χ0n) is 15.8. The highest BCUT2D eigenvalue weighted by molar-refractivity contribution is 5.96. The Balaban J connectivity index is 1.59. The van der Waals surface area contributed by atoms with Crippen LogP contribution in [0.25, 0.3) is 11.4 Å². The van der Waals surface area contributed by atoms with Crippen molar-refractivity contribution in [2.24, 2.45) is 11.8 Å². The standard InChI is InChI=1S/C19H17F3N6O2/c1-9-5-23-24-6-13(9)17-25-19(27-26-17)28-7-11(8-29)12(18(28)30)2-10-3-14(20)16(22)15(21)4-10/h3-6,11-12,29H,2,7-8H2,1H3,(H,25,26,27). The minimum absolute atomic E-state index is 0.0562. The number of amides is 1. The number of nitrogens with zero attached hydrogens (tertiary/aromatic N) is 5. The molecular formula is C19H17F3N6O2. The number of H-pyrrole nitrogens is 1. The SMILES string of the molecule is Cc1cnncc1-c1nc(N2CC(CO)C(Cc3cc(F)c(F)c(F)c3)C2=O)n[nH]1. The van der Waals surface area contributed by atoms with Crippen LogP contribution in [0, 0.1) is 36.2 Å². The number of aromatic nitrogens is 5. The van der Waals surface area contributed by atoms with Gasteiger partial charge in [0.15, 0.2) is 23.3 Å². The topological polar surface area (TPSA) is 108 Å². The first-order valence-corrected chi connectivity index (χ1v) is 9.14. The van der Waals surface area contributed by atoms with E-state index in [2.05, 4.69) is 25.4 Å². The Hall–Kier alpha value is -3.34. The van der Waals surface area contributed by atoms with E-state index in [0.717, 1.165) is 17.7 Å². The van der Waals surface area contributed by atoms with Gasteiger partial charge in [0, 0.05) is 30.6 Å². The largest absolute Gasteiger partial charge is 0.396 e. The van der Waals surface area contributed by atoms with E-state index in [-0.39, 0.29) is 31.1 Å². The van der Waals surface area contributed by atoms with Crippen molar-refractivity contribution in [1.82, 2.24) is 25.4 Å². The van der Waals surface area contributed by atoms with Crippen molar-refractivity contribution in [2.75, 3.05) is 18.1 Å². The first-order chi connectivity index (χ1) is 14.4. The maximum Gasteiger partial charge on any atom is 0.251 e. The molecule has 0 aliphatic carbocycles. The third-order valence-corrected chi connectivity index (χ3v) is 5.20. The summed E-state index contributed by atoms with van der Waals surface area (Å²) in [5, 5.41) is 24.1. The number of carbonyl (C=O) groups excluding carboxylic acids is 1. The molecule has 1 aromatic carbocycles. The number of aromatic amines is 1. The van der Waals surface area contributed by atoms with E-state index < -0.39 is 35.2 Å². The molecule has 3 heterocycles. The fourth-order valence-electron chi connectivity index (χ4n) is 3.58. The molecule has 2 N–H and O–H groups in total. The molecule has 11 heteroatoms. The molecule has 2 aromatic heterocycles. The zero-order chi connectivity index (χ0) is 21.4. The van der Waals surface area contributed by atoms with E-state index in [1.165, 1.54) is 11.1 Å². The first-order valence-electron chi connectivity index (χ1n) is 9.14. The number of anilines is 1. The lowest BCUT2D eigenvalue weighted by atomic mass is 9.89. The van der Waals surface area contributed by atoms with Crippen LogP contribution >= 0.6 is 0 Å². The second kappa shape index (κ2) is 7.82. The Morgan fingerprint density at radius 1 is 1.20 bits per heavy atom. The van der Waals surface area contributed by atoms with Gasteiger partial charge in [0.05, 0.1) is 12.4 Å². The Bertz CT molecular complexity index is 1080. The molecule has 3 aromatic rings. The van der Waals surface area contributed by atoms with E-state index >= 15 is 0 Å². The summed E-state index contributed by atoms with van der Waals surface area (Å²) in [5.41, 5.74) is 1.61. The van der Waals surface area contributed by atoms with Crippen LogP contribution in [0.2, 0.25) is 0 Å². The Kier molecular flexibility index (Phi) is 5.20. The molecule has 1 fully saturated rings. The van der Waals surface area contributed by atoms with Crippen LogP contribution in [-0.2, 0) is 11.2 Å². The lowest BCUT2D eigenvalue weighted by molar-refractivity contribution is -0.121. The van der Waals surface area contributed by atoms with Gasteiger partial charge in [-0.25, -0.2) is 13.2 Å². The van der Waals surface area contributed by atoms with Crippen molar-refractivity contribution >= 4 is 11.9 Å². The van der Waals surface area contributed by atoms with Gasteiger partial charge in [0.25, 0.3) is 5.95 Å². The van der Waals surface area contributed by atoms with E-state index in [1.54, 1.807) is 6.20 Å². The normalized spacial score (nSPS) is 19.0. The van der Waals surface area contributed by atoms with Crippen LogP contribution in [0.15, 0.2) is 24.5 Å². The maximum atomic E-state index is 13.5. The Morgan fingerprint density at radius 3 is 2.57 bits per heavy atom. The minimum atomic E-state index is -1.56. The number of aliphatic hydroxyl groups is 1. The molecule has 1 saturated heterocycles. The fourth-order valence-corrected chi connectivity index (χ4v) is 3.58. The van der Waals surface area contributed by atoms with Crippen LogP contribution < -0.4 is 4.90 Å². The average Bonchev–Trinajstić information content (AvgIpc) is 3.32. The molecular weight excluding hydrogens is 401 g/mol. The molecule has 4 rings (SSSR count). The molecule has 0 bridgehead atoms. The number of benzene rings is 1. The molecule has 156 valence electrons. The van der Waals surface area contributed by atoms with E-state index in [9.17, 15) is 23.1 Å². The van der Waals surface area contributed by atoms with E-state index in [0.29, 0.717) is 11.4 Å². The van der Waals surface area contributed by atoms with Gasteiger partial charge in [-0.05, 0) is 36.6 Å². The molecule has 0 spiro atoms. The average molecular weight is 418 g/mol. The summed E-state index contributed by atoms with van der Waals surface area (Å²) >= 11 is 0. The van der Waals surface area contributed by atoms with Crippen LogP contribution in [0.4, 0.5) is 19.1 Å². The number of nitrogens with one attached hydrogen (secondary N) is 1. The third-order valence-electron chi connectivity index (χ3n) is 5.20. The monoisotopic (exact) mass is 418 g/mol. The number of halogens is 3. The highest BCUT2D eigenvalue weighted by Gasteiger charge is 2.42. The minimum Gasteiger partial charge on any atom is -0.396 e. The molecule has 30 heavy (non-hydrogen) atoms. The Morgan fingerprint density at radius 2 is 1.90 bits per heavy atom. The Labute approximate surface area is 168 Å². The lowest BCUT2D eigenvalue weighted by Gasteiger charge is -2.14. The van der Waals surface area contributed by atoms with Crippen molar-refractivity contribution in [3.8, 4) is 11.4 Å². The van der Waals surface area contributed by atoms with Crippen LogP contribution in [0.1, 0.15) is 11.1 Å². The molecule has 1 aliphatic rings. The zero-order valence-corrected chi connectivity index (χ0v) is 15.8. The molecule has 2 unspecified atom stereocenters. The third kappa shape index (κ3) is 3.52. The van der Waals surface area contributed by atoms with Crippen LogP contribution in [0.3, 0.4) is 0 Å². The smallest absolute Gasteiger partial charge is 0.251 e. The van der Waals surface area contributed by atoms with Gasteiger partial charge in [0.2, 0.25) is 5.91 Å². The molecule has 1 aliphatic heterocycles. The van der Waals surface area contributed by atoms with Crippen molar-refractivity contribution in [3.05, 3.63) is 53.1 Å². The van der Waals surface area contributed by atoms with Crippen molar-refractivity contribution < 1.29 is 23.1 Å². The highest BCUT2D eigenvalue weighted by atomic mass is 19.2. The molecule has 0 saturated carbocycles. The number of rotatable bonds is 5. The summed E-state index contributed by atoms with van der Waals surface area (Å²) in [6, 6.07) is 1.71. The predicted octanol–water partition coefficient (Wildman–Crippen LogP) is 1.80. The summed E-state index contributed by atoms with van der Waals surface area (Å²) in [5.74, 6) is -5.35. The van der Waals surface area contributed by atoms with Crippen molar-refractivity contribution in [2.45, 2.75) is 13.3 Å². The van der Waals surface area contributed by atoms with Gasteiger partial charge < -0.3 is 5.11 Å². The number of aryl methyl sites for hydroxylation is 1. The summed E-state index contributed by atoms with van der Waals surface area (Å²) in [6.45, 7) is 1.65. The van der Waals surface area contributed by atoms with Crippen LogP contribution in [-0.4, -0.2) is 49.5 Å². The van der Waals surface area contributed by atoms with Gasteiger partial charge in [0.1, 0.15) is 0 Å². The number of aliphatic hydroxyl groups excluding tert-OH is 1. The summed E-state index contributed by atoms with van der Waals surface area (Å²) in [4.78, 5) is 18.6. The van der Waals surface area contributed by atoms with Gasteiger partial charge in [-0.2, -0.15) is 15.2 Å². The number of hydrogen-bond acceptors (Lipinski definition) is 6. The fraction of sp³-hybridized carbons (Fsp3) is 0.316. The summed E-state index contributed by atoms with van der Waals surface area (Å²) in [6.07, 6.45) is 3.03. The summed E-state index contributed by atoms with van der Waals surface area (Å²) < 4.78 is 40.3. The molecule has 8 nitrogen and oxygen atoms in total. The molecule has 1 amide bonds. The highest BCUT2D eigenvalue weighted by Crippen LogP contribution is 2.32. The van der Waals surface area contributed by atoms with Gasteiger partial charge in [-0.15, -0.1) is 5.10 Å². The van der Waals surface area contributed by atoms with Gasteiger partial charge >= 0.3 is 0 Å². The van der Waals surface area contributed by atoms with Gasteiger partial charge in [-0.3, -0.25) is 14.8 Å². The van der Waals surface area contributed by atoms with Crippen LogP contribution in [0.5, 0.6) is 0 Å². The maximum absolute atomic E-state index is 13.5. The van der Waals surface area contributed by atoms with Crippen molar-refractivity contribution in [3.63, 3.8) is 0 Å². The number of hydrogen-bond donors (Lipinski definition) is 2. The quantitative estimate of drug-likeness (QED) is 0.612. The first kappa shape index (κ1) is 20.0. The van der Waals surface area contributed by atoms with Crippen molar-refractivity contribution in [1.29, 1.82) is 0 Å². The predicted molar refractivity (Wildman–Crippen MR) is 98.6 cm³/mol. The van der Waals surface area contributed by atoms with Gasteiger partial charge in [-0.1, -0.05) is 0 Å². The van der Waals surface area contributed by atoms with E-state index in [1.807, 2.05) is 6.92 Å². The summed E-state index contributed by atoms with van der Waals surface area (Å²) in [7, 11) is 0. The lowest BCUT2D eigenvalue weighted by Crippen LogP contribution is -2.28. The second-order valence-corrected chi connectivity index (χ2v) is 7.15. The van der Waals surface area contributed by atoms with E-state index in [4.69, 9.17) is 0 Å².